The van der Waals surface area contributed by atoms with E-state index in [2.05, 4.69) is 12.2 Å². The average Bonchev–Trinajstić information content (AvgIpc) is 2.89. The van der Waals surface area contributed by atoms with Crippen molar-refractivity contribution in [3.63, 3.8) is 0 Å². The number of nitro benzene ring substituents is 1. The average molecular weight is 324 g/mol. The van der Waals surface area contributed by atoms with Gasteiger partial charge in [0.2, 0.25) is 0 Å². The largest absolute Gasteiger partial charge is 0.376 e. The Morgan fingerprint density at radius 2 is 2.24 bits per heavy atom. The molecule has 21 heavy (non-hydrogen) atoms. The SMILES string of the molecule is C[C@H]1CC(Nc2cc([N+](=O)[O-])ccc2F)c2ccsc2S1. The maximum Gasteiger partial charge on any atom is 0.271 e. The van der Waals surface area contributed by atoms with Gasteiger partial charge in [0.1, 0.15) is 5.82 Å². The Bertz CT molecular complexity index is 689. The Hall–Kier alpha value is -1.60. The first-order valence-corrected chi connectivity index (χ1v) is 8.25. The molecule has 1 aromatic heterocycles. The first kappa shape index (κ1) is 14.3. The minimum Gasteiger partial charge on any atom is -0.376 e. The van der Waals surface area contributed by atoms with Crippen molar-refractivity contribution < 1.29 is 9.31 Å². The minimum absolute atomic E-state index is 0.0148. The van der Waals surface area contributed by atoms with Crippen LogP contribution in [0.2, 0.25) is 0 Å². The van der Waals surface area contributed by atoms with E-state index in [-0.39, 0.29) is 17.4 Å². The topological polar surface area (TPSA) is 55.2 Å². The van der Waals surface area contributed by atoms with Crippen molar-refractivity contribution in [2.24, 2.45) is 0 Å². The molecule has 0 saturated carbocycles. The van der Waals surface area contributed by atoms with Crippen LogP contribution in [0.4, 0.5) is 15.8 Å². The first-order valence-electron chi connectivity index (χ1n) is 6.49. The van der Waals surface area contributed by atoms with Crippen molar-refractivity contribution in [2.45, 2.75) is 28.8 Å². The smallest absolute Gasteiger partial charge is 0.271 e. The van der Waals surface area contributed by atoms with Gasteiger partial charge in [-0.2, -0.15) is 0 Å². The Morgan fingerprint density at radius 1 is 1.43 bits per heavy atom. The third-order valence-electron chi connectivity index (χ3n) is 3.40. The van der Waals surface area contributed by atoms with E-state index in [1.54, 1.807) is 11.3 Å². The summed E-state index contributed by atoms with van der Waals surface area (Å²) in [5, 5.41) is 16.4. The Morgan fingerprint density at radius 3 is 3.00 bits per heavy atom. The summed E-state index contributed by atoms with van der Waals surface area (Å²) in [5.41, 5.74) is 1.22. The normalized spacial score (nSPS) is 20.9. The molecule has 0 spiro atoms. The zero-order valence-electron chi connectivity index (χ0n) is 11.2. The Labute approximate surface area is 129 Å². The molecule has 2 heterocycles. The zero-order chi connectivity index (χ0) is 15.0. The number of nitrogens with zero attached hydrogens (tertiary/aromatic N) is 1. The molecule has 0 fully saturated rings. The highest BCUT2D eigenvalue weighted by atomic mass is 32.2. The number of thiophene rings is 1. The lowest BCUT2D eigenvalue weighted by Gasteiger charge is -2.28. The Balaban J connectivity index is 1.91. The van der Waals surface area contributed by atoms with E-state index >= 15 is 0 Å². The van der Waals surface area contributed by atoms with Crippen LogP contribution in [0, 0.1) is 15.9 Å². The number of rotatable bonds is 3. The monoisotopic (exact) mass is 324 g/mol. The van der Waals surface area contributed by atoms with Gasteiger partial charge < -0.3 is 5.32 Å². The number of hydrogen-bond donors (Lipinski definition) is 1. The van der Waals surface area contributed by atoms with Gasteiger partial charge in [0.05, 0.1) is 20.9 Å². The highest BCUT2D eigenvalue weighted by molar-refractivity contribution is 8.01. The van der Waals surface area contributed by atoms with Crippen molar-refractivity contribution in [1.82, 2.24) is 0 Å². The van der Waals surface area contributed by atoms with Crippen LogP contribution in [0.15, 0.2) is 33.9 Å². The molecule has 7 heteroatoms. The van der Waals surface area contributed by atoms with E-state index in [9.17, 15) is 14.5 Å². The van der Waals surface area contributed by atoms with E-state index in [1.165, 1.54) is 16.3 Å². The van der Waals surface area contributed by atoms with Gasteiger partial charge in [-0.1, -0.05) is 6.92 Å². The van der Waals surface area contributed by atoms with Crippen LogP contribution < -0.4 is 5.32 Å². The lowest BCUT2D eigenvalue weighted by atomic mass is 10.0. The molecular weight excluding hydrogens is 311 g/mol. The fourth-order valence-electron chi connectivity index (χ4n) is 2.41. The summed E-state index contributed by atoms with van der Waals surface area (Å²) in [6.45, 7) is 2.13. The predicted molar refractivity (Wildman–Crippen MR) is 83.7 cm³/mol. The molecule has 0 aliphatic carbocycles. The molecule has 1 aliphatic rings. The van der Waals surface area contributed by atoms with Crippen LogP contribution in [-0.4, -0.2) is 10.2 Å². The van der Waals surface area contributed by atoms with Crippen molar-refractivity contribution in [1.29, 1.82) is 0 Å². The number of nitro groups is 1. The summed E-state index contributed by atoms with van der Waals surface area (Å²) in [6.07, 6.45) is 0.858. The zero-order valence-corrected chi connectivity index (χ0v) is 12.8. The summed E-state index contributed by atoms with van der Waals surface area (Å²) in [4.78, 5) is 10.3. The maximum atomic E-state index is 13.9. The van der Waals surface area contributed by atoms with Gasteiger partial charge in [-0.15, -0.1) is 23.1 Å². The van der Waals surface area contributed by atoms with Gasteiger partial charge in [-0.25, -0.2) is 4.39 Å². The summed E-state index contributed by atoms with van der Waals surface area (Å²) in [5.74, 6) is -0.469. The molecule has 1 unspecified atom stereocenters. The molecule has 1 aromatic carbocycles. The van der Waals surface area contributed by atoms with E-state index in [0.717, 1.165) is 18.1 Å². The molecule has 2 aromatic rings. The van der Waals surface area contributed by atoms with Gasteiger partial charge in [0, 0.05) is 17.4 Å². The molecular formula is C14H13FN2O2S2. The predicted octanol–water partition coefficient (Wildman–Crippen LogP) is 4.83. The van der Waals surface area contributed by atoms with E-state index in [4.69, 9.17) is 0 Å². The van der Waals surface area contributed by atoms with Gasteiger partial charge in [0.15, 0.2) is 0 Å². The Kier molecular flexibility index (Phi) is 3.86. The summed E-state index contributed by atoms with van der Waals surface area (Å²) >= 11 is 3.50. The van der Waals surface area contributed by atoms with Crippen LogP contribution in [0.3, 0.4) is 0 Å². The van der Waals surface area contributed by atoms with Crippen LogP contribution in [0.25, 0.3) is 0 Å². The summed E-state index contributed by atoms with van der Waals surface area (Å²) < 4.78 is 15.1. The second-order valence-corrected chi connectivity index (χ2v) is 7.57. The fourth-order valence-corrected chi connectivity index (χ4v) is 4.98. The van der Waals surface area contributed by atoms with E-state index in [0.29, 0.717) is 5.25 Å². The van der Waals surface area contributed by atoms with Gasteiger partial charge in [-0.3, -0.25) is 10.1 Å². The second-order valence-electron chi connectivity index (χ2n) is 4.95. The number of halogens is 1. The number of fused-ring (bicyclic) bond motifs is 1. The van der Waals surface area contributed by atoms with Crippen LogP contribution in [0.5, 0.6) is 0 Å². The molecule has 1 aliphatic heterocycles. The first-order chi connectivity index (χ1) is 10.0. The molecule has 3 rings (SSSR count). The third kappa shape index (κ3) is 2.89. The number of anilines is 1. The summed E-state index contributed by atoms with van der Waals surface area (Å²) in [6, 6.07) is 5.59. The van der Waals surface area contributed by atoms with Gasteiger partial charge in [0.25, 0.3) is 5.69 Å². The highest BCUT2D eigenvalue weighted by Crippen LogP contribution is 2.45. The molecule has 1 N–H and O–H groups in total. The summed E-state index contributed by atoms with van der Waals surface area (Å²) in [7, 11) is 0. The quantitative estimate of drug-likeness (QED) is 0.649. The number of nitrogens with one attached hydrogen (secondary N) is 1. The standard InChI is InChI=1S/C14H13FN2O2S2/c1-8-6-12(10-4-5-20-14(10)21-8)16-13-7-9(17(18)19)2-3-11(13)15/h2-5,7-8,12,16H,6H2,1H3/t8-,12?/m0/s1. The molecule has 2 atom stereocenters. The fraction of sp³-hybridized carbons (Fsp3) is 0.286. The van der Waals surface area contributed by atoms with Crippen LogP contribution >= 0.6 is 23.1 Å². The second kappa shape index (κ2) is 5.65. The molecule has 110 valence electrons. The van der Waals surface area contributed by atoms with Crippen molar-refractivity contribution >= 4 is 34.5 Å². The number of thioether (sulfide) groups is 1. The number of hydrogen-bond acceptors (Lipinski definition) is 5. The lowest BCUT2D eigenvalue weighted by molar-refractivity contribution is -0.384. The van der Waals surface area contributed by atoms with Crippen molar-refractivity contribution in [3.05, 3.63) is 51.1 Å². The molecule has 0 saturated heterocycles. The number of benzene rings is 1. The van der Waals surface area contributed by atoms with Crippen LogP contribution in [-0.2, 0) is 0 Å². The number of non-ortho nitro benzene ring substituents is 1. The van der Waals surface area contributed by atoms with Crippen LogP contribution in [0.1, 0.15) is 24.9 Å². The third-order valence-corrected chi connectivity index (χ3v) is 5.74. The lowest BCUT2D eigenvalue weighted by Crippen LogP contribution is -2.19. The van der Waals surface area contributed by atoms with Gasteiger partial charge >= 0.3 is 0 Å². The highest BCUT2D eigenvalue weighted by Gasteiger charge is 2.27. The molecule has 0 amide bonds. The maximum absolute atomic E-state index is 13.9. The molecule has 0 bridgehead atoms. The van der Waals surface area contributed by atoms with E-state index < -0.39 is 10.7 Å². The van der Waals surface area contributed by atoms with E-state index in [1.807, 2.05) is 23.2 Å². The molecule has 4 nitrogen and oxygen atoms in total. The van der Waals surface area contributed by atoms with Crippen molar-refractivity contribution in [3.8, 4) is 0 Å². The minimum atomic E-state index is -0.514. The van der Waals surface area contributed by atoms with Crippen molar-refractivity contribution in [2.75, 3.05) is 5.32 Å². The van der Waals surface area contributed by atoms with Gasteiger partial charge in [-0.05, 0) is 29.5 Å². The molecule has 0 radical (unpaired) electrons.